The lowest BCUT2D eigenvalue weighted by atomic mass is 10.1. The fourth-order valence-corrected chi connectivity index (χ4v) is 2.09. The average Bonchev–Trinajstić information content (AvgIpc) is 2.35. The summed E-state index contributed by atoms with van der Waals surface area (Å²) < 4.78 is 5.64. The third kappa shape index (κ3) is 3.53. The molecule has 5 nitrogen and oxygen atoms in total. The van der Waals surface area contributed by atoms with Crippen LogP contribution in [-0.2, 0) is 4.79 Å². The quantitative estimate of drug-likeness (QED) is 0.723. The summed E-state index contributed by atoms with van der Waals surface area (Å²) in [6.07, 6.45) is 1.90. The summed E-state index contributed by atoms with van der Waals surface area (Å²) in [6.45, 7) is 4.67. The molecule has 0 spiro atoms. The molecule has 5 heteroatoms. The van der Waals surface area contributed by atoms with Gasteiger partial charge in [-0.15, -0.1) is 0 Å². The van der Waals surface area contributed by atoms with Crippen molar-refractivity contribution >= 4 is 17.3 Å². The lowest BCUT2D eigenvalue weighted by molar-refractivity contribution is -0.123. The molecule has 2 rings (SSSR count). The molecule has 1 saturated heterocycles. The van der Waals surface area contributed by atoms with Crippen LogP contribution in [-0.4, -0.2) is 24.6 Å². The number of ether oxygens (including phenoxy) is 1. The van der Waals surface area contributed by atoms with E-state index in [0.29, 0.717) is 11.4 Å². The normalized spacial score (nSPS) is 19.1. The van der Waals surface area contributed by atoms with Crippen molar-refractivity contribution in [1.29, 1.82) is 0 Å². The SMILES string of the molecule is CC(C)Oc1cc(NC2CCCNC2=O)ccc1N. The standard InChI is InChI=1S/C14H21N3O2/c1-9(2)19-13-8-10(5-6-11(13)15)17-12-4-3-7-16-14(12)18/h5-6,8-9,12,17H,3-4,7,15H2,1-2H3,(H,16,18). The molecule has 1 fully saturated rings. The minimum Gasteiger partial charge on any atom is -0.489 e. The Morgan fingerprint density at radius 3 is 2.95 bits per heavy atom. The molecule has 0 radical (unpaired) electrons. The smallest absolute Gasteiger partial charge is 0.242 e. The van der Waals surface area contributed by atoms with E-state index in [1.54, 1.807) is 6.07 Å². The molecule has 1 unspecified atom stereocenters. The summed E-state index contributed by atoms with van der Waals surface area (Å²) in [4.78, 5) is 11.7. The van der Waals surface area contributed by atoms with Crippen LogP contribution in [0.15, 0.2) is 18.2 Å². The van der Waals surface area contributed by atoms with E-state index < -0.39 is 0 Å². The molecular formula is C14H21N3O2. The van der Waals surface area contributed by atoms with Crippen LogP contribution in [0.1, 0.15) is 26.7 Å². The van der Waals surface area contributed by atoms with E-state index in [1.165, 1.54) is 0 Å². The molecule has 104 valence electrons. The van der Waals surface area contributed by atoms with Crippen LogP contribution < -0.4 is 21.1 Å². The lowest BCUT2D eigenvalue weighted by Gasteiger charge is -2.24. The zero-order valence-corrected chi connectivity index (χ0v) is 11.4. The largest absolute Gasteiger partial charge is 0.489 e. The van der Waals surface area contributed by atoms with Crippen molar-refractivity contribution in [3.05, 3.63) is 18.2 Å². The van der Waals surface area contributed by atoms with E-state index in [-0.39, 0.29) is 18.1 Å². The van der Waals surface area contributed by atoms with Gasteiger partial charge in [0, 0.05) is 18.3 Å². The third-order valence-corrected chi connectivity index (χ3v) is 3.00. The molecular weight excluding hydrogens is 242 g/mol. The molecule has 1 aromatic carbocycles. The highest BCUT2D eigenvalue weighted by molar-refractivity contribution is 5.85. The number of hydrogen-bond donors (Lipinski definition) is 3. The van der Waals surface area contributed by atoms with Crippen LogP contribution in [0.25, 0.3) is 0 Å². The number of nitrogens with one attached hydrogen (secondary N) is 2. The van der Waals surface area contributed by atoms with E-state index >= 15 is 0 Å². The number of benzene rings is 1. The number of piperidine rings is 1. The number of hydrogen-bond acceptors (Lipinski definition) is 4. The highest BCUT2D eigenvalue weighted by Crippen LogP contribution is 2.27. The number of carbonyl (C=O) groups is 1. The van der Waals surface area contributed by atoms with Gasteiger partial charge in [0.1, 0.15) is 11.8 Å². The molecule has 0 aliphatic carbocycles. The first-order valence-electron chi connectivity index (χ1n) is 6.66. The second-order valence-electron chi connectivity index (χ2n) is 5.05. The second kappa shape index (κ2) is 5.82. The van der Waals surface area contributed by atoms with Crippen molar-refractivity contribution in [2.45, 2.75) is 38.8 Å². The minimum atomic E-state index is -0.177. The number of carbonyl (C=O) groups excluding carboxylic acids is 1. The molecule has 1 aliphatic heterocycles. The summed E-state index contributed by atoms with van der Waals surface area (Å²) in [6, 6.07) is 5.33. The van der Waals surface area contributed by atoms with Gasteiger partial charge in [0.15, 0.2) is 0 Å². The van der Waals surface area contributed by atoms with Crippen molar-refractivity contribution in [1.82, 2.24) is 5.32 Å². The maximum Gasteiger partial charge on any atom is 0.242 e. The van der Waals surface area contributed by atoms with Gasteiger partial charge in [-0.25, -0.2) is 0 Å². The van der Waals surface area contributed by atoms with Crippen molar-refractivity contribution < 1.29 is 9.53 Å². The maximum atomic E-state index is 11.7. The Morgan fingerprint density at radius 1 is 1.47 bits per heavy atom. The van der Waals surface area contributed by atoms with Crippen LogP contribution in [0.3, 0.4) is 0 Å². The predicted molar refractivity (Wildman–Crippen MR) is 76.3 cm³/mol. The third-order valence-electron chi connectivity index (χ3n) is 3.00. The van der Waals surface area contributed by atoms with Crippen LogP contribution in [0.5, 0.6) is 5.75 Å². The van der Waals surface area contributed by atoms with Gasteiger partial charge < -0.3 is 21.1 Å². The van der Waals surface area contributed by atoms with Crippen LogP contribution in [0, 0.1) is 0 Å². The summed E-state index contributed by atoms with van der Waals surface area (Å²) >= 11 is 0. The molecule has 1 heterocycles. The predicted octanol–water partition coefficient (Wildman–Crippen LogP) is 1.75. The first-order chi connectivity index (χ1) is 9.06. The topological polar surface area (TPSA) is 76.4 Å². The van der Waals surface area contributed by atoms with Gasteiger partial charge in [0.25, 0.3) is 0 Å². The zero-order chi connectivity index (χ0) is 13.8. The van der Waals surface area contributed by atoms with E-state index in [1.807, 2.05) is 26.0 Å². The van der Waals surface area contributed by atoms with E-state index in [4.69, 9.17) is 10.5 Å². The summed E-state index contributed by atoms with van der Waals surface area (Å²) in [5.41, 5.74) is 7.32. The highest BCUT2D eigenvalue weighted by Gasteiger charge is 2.21. The van der Waals surface area contributed by atoms with Gasteiger partial charge in [-0.2, -0.15) is 0 Å². The van der Waals surface area contributed by atoms with Crippen LogP contribution in [0.4, 0.5) is 11.4 Å². The number of nitrogen functional groups attached to an aromatic ring is 1. The molecule has 4 N–H and O–H groups in total. The number of anilines is 2. The van der Waals surface area contributed by atoms with Crippen LogP contribution in [0.2, 0.25) is 0 Å². The molecule has 1 aromatic rings. The van der Waals surface area contributed by atoms with Gasteiger partial charge in [0.05, 0.1) is 11.8 Å². The Kier molecular flexibility index (Phi) is 4.14. The summed E-state index contributed by atoms with van der Waals surface area (Å²) in [5.74, 6) is 0.700. The van der Waals surface area contributed by atoms with Crippen LogP contribution >= 0.6 is 0 Å². The first kappa shape index (κ1) is 13.5. The molecule has 1 atom stereocenters. The summed E-state index contributed by atoms with van der Waals surface area (Å²) in [7, 11) is 0. The maximum absolute atomic E-state index is 11.7. The lowest BCUT2D eigenvalue weighted by Crippen LogP contribution is -2.44. The van der Waals surface area contributed by atoms with Crippen molar-refractivity contribution in [2.24, 2.45) is 0 Å². The van der Waals surface area contributed by atoms with E-state index in [2.05, 4.69) is 10.6 Å². The van der Waals surface area contributed by atoms with Crippen molar-refractivity contribution in [2.75, 3.05) is 17.6 Å². The molecule has 0 bridgehead atoms. The monoisotopic (exact) mass is 263 g/mol. The Morgan fingerprint density at radius 2 is 2.26 bits per heavy atom. The fraction of sp³-hybridized carbons (Fsp3) is 0.500. The number of rotatable bonds is 4. The molecule has 1 amide bonds. The highest BCUT2D eigenvalue weighted by atomic mass is 16.5. The Balaban J connectivity index is 2.09. The Labute approximate surface area is 113 Å². The van der Waals surface area contributed by atoms with Gasteiger partial charge in [-0.1, -0.05) is 0 Å². The molecule has 0 saturated carbocycles. The van der Waals surface area contributed by atoms with Gasteiger partial charge in [0.2, 0.25) is 5.91 Å². The molecule has 19 heavy (non-hydrogen) atoms. The molecule has 1 aliphatic rings. The second-order valence-corrected chi connectivity index (χ2v) is 5.05. The van der Waals surface area contributed by atoms with Gasteiger partial charge in [-0.05, 0) is 38.8 Å². The molecule has 0 aromatic heterocycles. The first-order valence-corrected chi connectivity index (χ1v) is 6.66. The van der Waals surface area contributed by atoms with Crippen molar-refractivity contribution in [3.63, 3.8) is 0 Å². The zero-order valence-electron chi connectivity index (χ0n) is 11.4. The number of nitrogens with two attached hydrogens (primary N) is 1. The Hall–Kier alpha value is -1.91. The minimum absolute atomic E-state index is 0.0504. The Bertz CT molecular complexity index is 460. The fourth-order valence-electron chi connectivity index (χ4n) is 2.09. The number of amides is 1. The van der Waals surface area contributed by atoms with Crippen molar-refractivity contribution in [3.8, 4) is 5.75 Å². The van der Waals surface area contributed by atoms with Gasteiger partial charge in [-0.3, -0.25) is 4.79 Å². The summed E-state index contributed by atoms with van der Waals surface area (Å²) in [5, 5.41) is 6.08. The average molecular weight is 263 g/mol. The van der Waals surface area contributed by atoms with E-state index in [0.717, 1.165) is 25.1 Å². The van der Waals surface area contributed by atoms with Gasteiger partial charge >= 0.3 is 0 Å². The van der Waals surface area contributed by atoms with E-state index in [9.17, 15) is 4.79 Å².